The molecule has 2 saturated heterocycles. The van der Waals surface area contributed by atoms with Gasteiger partial charge in [0.25, 0.3) is 0 Å². The highest BCUT2D eigenvalue weighted by Gasteiger charge is 2.39. The largest absolute Gasteiger partial charge is 0.386 e. The van der Waals surface area contributed by atoms with Gasteiger partial charge in [-0.15, -0.1) is 0 Å². The highest BCUT2D eigenvalue weighted by Crippen LogP contribution is 2.08. The summed E-state index contributed by atoms with van der Waals surface area (Å²) in [5.41, 5.74) is 0. The van der Waals surface area contributed by atoms with E-state index >= 15 is 0 Å². The van der Waals surface area contributed by atoms with E-state index in [2.05, 4.69) is 0 Å². The van der Waals surface area contributed by atoms with Crippen LogP contribution in [0, 0.1) is 0 Å². The van der Waals surface area contributed by atoms with Gasteiger partial charge in [0.05, 0.1) is 19.0 Å². The number of nitrogens with two attached hydrogens (primary N) is 1. The molecule has 2 heterocycles. The average Bonchev–Trinajstić information content (AvgIpc) is 2.53. The molecule has 6 nitrogen and oxygen atoms in total. The zero-order valence-corrected chi connectivity index (χ0v) is 10.8. The third-order valence-electron chi connectivity index (χ3n) is 3.53. The van der Waals surface area contributed by atoms with Crippen molar-refractivity contribution in [3.63, 3.8) is 0 Å². The van der Waals surface area contributed by atoms with Gasteiger partial charge in [0.2, 0.25) is 0 Å². The monoisotopic (exact) mass is 266 g/mol. The van der Waals surface area contributed by atoms with Crippen LogP contribution < -0.4 is 10.2 Å². The minimum atomic E-state index is -3.01. The molecule has 0 saturated carbocycles. The van der Waals surface area contributed by atoms with Crippen LogP contribution in [0.4, 0.5) is 0 Å². The topological polar surface area (TPSA) is 84.7 Å². The summed E-state index contributed by atoms with van der Waals surface area (Å²) in [4.78, 5) is 1.50. The molecule has 7 heteroatoms. The molecule has 100 valence electrons. The van der Waals surface area contributed by atoms with Crippen molar-refractivity contribution in [3.8, 4) is 0 Å². The maximum atomic E-state index is 11.3. The van der Waals surface area contributed by atoms with Crippen LogP contribution in [-0.4, -0.2) is 76.6 Å². The maximum absolute atomic E-state index is 11.3. The van der Waals surface area contributed by atoms with Gasteiger partial charge in [0.1, 0.15) is 44.1 Å². The van der Waals surface area contributed by atoms with Crippen LogP contribution in [0.25, 0.3) is 0 Å². The number of rotatable bonds is 4. The quantitative estimate of drug-likeness (QED) is 0.480. The Kier molecular flexibility index (Phi) is 4.37. The van der Waals surface area contributed by atoms with Crippen molar-refractivity contribution in [2.24, 2.45) is 0 Å². The summed E-state index contributed by atoms with van der Waals surface area (Å²) in [5.74, 6) is 0.0468. The van der Waals surface area contributed by atoms with E-state index in [1.54, 1.807) is 0 Å². The van der Waals surface area contributed by atoms with Crippen molar-refractivity contribution in [1.82, 2.24) is 0 Å². The Morgan fingerprint density at radius 1 is 1.29 bits per heavy atom. The maximum Gasteiger partial charge on any atom is 0.159 e. The van der Waals surface area contributed by atoms with E-state index < -0.39 is 15.9 Å². The Bertz CT molecular complexity index is 340. The lowest BCUT2D eigenvalue weighted by Gasteiger charge is -2.23. The minimum absolute atomic E-state index is 0.0709. The van der Waals surface area contributed by atoms with Crippen LogP contribution in [0.15, 0.2) is 0 Å². The molecule has 17 heavy (non-hydrogen) atoms. The van der Waals surface area contributed by atoms with E-state index in [-0.39, 0.29) is 17.5 Å². The summed E-state index contributed by atoms with van der Waals surface area (Å²) in [7, 11) is -3.01. The van der Waals surface area contributed by atoms with Gasteiger partial charge in [-0.3, -0.25) is 0 Å². The number of ether oxygens (including phenoxy) is 1. The Hall–Kier alpha value is -0.210. The fraction of sp³-hybridized carbons (Fsp3) is 1.00. The molecular weight excluding hydrogens is 244 g/mol. The molecule has 0 aromatic carbocycles. The van der Waals surface area contributed by atoms with Gasteiger partial charge in [0, 0.05) is 0 Å². The number of aliphatic hydroxyl groups excluding tert-OH is 1. The van der Waals surface area contributed by atoms with Crippen molar-refractivity contribution >= 4 is 9.84 Å². The van der Waals surface area contributed by atoms with Crippen molar-refractivity contribution in [2.75, 3.05) is 50.9 Å². The number of sulfone groups is 1. The van der Waals surface area contributed by atoms with Crippen LogP contribution in [-0.2, 0) is 14.6 Å². The van der Waals surface area contributed by atoms with E-state index in [4.69, 9.17) is 4.74 Å². The summed E-state index contributed by atoms with van der Waals surface area (Å²) >= 11 is 0. The van der Waals surface area contributed by atoms with Crippen molar-refractivity contribution in [3.05, 3.63) is 0 Å². The van der Waals surface area contributed by atoms with Crippen molar-refractivity contribution < 1.29 is 28.5 Å². The molecule has 0 bridgehead atoms. The fourth-order valence-corrected chi connectivity index (χ4v) is 4.34. The number of hydrogen-bond donors (Lipinski definition) is 3. The molecule has 2 rings (SSSR count). The van der Waals surface area contributed by atoms with E-state index in [0.29, 0.717) is 0 Å². The summed E-state index contributed by atoms with van der Waals surface area (Å²) in [5, 5.41) is 11.6. The lowest BCUT2D eigenvalue weighted by Crippen LogP contribution is -3.16. The first kappa shape index (κ1) is 13.2. The normalized spacial score (nSPS) is 33.9. The number of quaternary nitrogens is 2. The minimum Gasteiger partial charge on any atom is -0.386 e. The molecule has 2 fully saturated rings. The van der Waals surface area contributed by atoms with Crippen molar-refractivity contribution in [2.45, 2.75) is 12.1 Å². The van der Waals surface area contributed by atoms with E-state index in [1.807, 2.05) is 5.32 Å². The lowest BCUT2D eigenvalue weighted by atomic mass is 10.2. The van der Waals surface area contributed by atoms with Crippen LogP contribution in [0.3, 0.4) is 0 Å². The predicted octanol–water partition coefficient (Wildman–Crippen LogP) is -4.38. The van der Waals surface area contributed by atoms with Gasteiger partial charge in [-0.2, -0.15) is 0 Å². The smallest absolute Gasteiger partial charge is 0.159 e. The third kappa shape index (κ3) is 3.89. The number of aliphatic hydroxyl groups is 1. The molecular formula is C10H22N2O4S+2. The molecule has 0 spiro atoms. The summed E-state index contributed by atoms with van der Waals surface area (Å²) < 4.78 is 27.9. The molecule has 0 aromatic heterocycles. The molecule has 0 aliphatic carbocycles. The molecule has 4 N–H and O–H groups in total. The standard InChI is InChI=1S/C10H20N2O4S/c13-10-8-17(14,15)7-9(10)11-1-2-12-3-5-16-6-4-12/h9-11,13H,1-8H2/p+2/t9-,10-/m1/s1. The van der Waals surface area contributed by atoms with Crippen LogP contribution in [0.1, 0.15) is 0 Å². The first-order chi connectivity index (χ1) is 8.07. The Balaban J connectivity index is 1.68. The molecule has 2 aliphatic rings. The van der Waals surface area contributed by atoms with Gasteiger partial charge in [-0.05, 0) is 0 Å². The zero-order valence-electron chi connectivity index (χ0n) is 9.97. The van der Waals surface area contributed by atoms with Gasteiger partial charge < -0.3 is 20.1 Å². The highest BCUT2D eigenvalue weighted by molar-refractivity contribution is 7.91. The third-order valence-corrected chi connectivity index (χ3v) is 5.27. The van der Waals surface area contributed by atoms with E-state index in [1.165, 1.54) is 4.90 Å². The lowest BCUT2D eigenvalue weighted by molar-refractivity contribution is -0.921. The van der Waals surface area contributed by atoms with Crippen LogP contribution >= 0.6 is 0 Å². The number of nitrogens with one attached hydrogen (secondary N) is 1. The van der Waals surface area contributed by atoms with Crippen molar-refractivity contribution in [1.29, 1.82) is 0 Å². The molecule has 2 atom stereocenters. The molecule has 0 aromatic rings. The number of hydrogen-bond acceptors (Lipinski definition) is 4. The van der Waals surface area contributed by atoms with Gasteiger partial charge in [-0.1, -0.05) is 0 Å². The average molecular weight is 266 g/mol. The summed E-state index contributed by atoms with van der Waals surface area (Å²) in [6.07, 6.45) is -0.695. The summed E-state index contributed by atoms with van der Waals surface area (Å²) in [6, 6.07) is -0.166. The summed E-state index contributed by atoms with van der Waals surface area (Å²) in [6.45, 7) is 5.56. The first-order valence-electron chi connectivity index (χ1n) is 6.20. The Labute approximate surface area is 102 Å². The van der Waals surface area contributed by atoms with Gasteiger partial charge >= 0.3 is 0 Å². The molecule has 2 aliphatic heterocycles. The molecule has 0 radical (unpaired) electrons. The van der Waals surface area contributed by atoms with E-state index in [9.17, 15) is 13.5 Å². The first-order valence-corrected chi connectivity index (χ1v) is 8.02. The van der Waals surface area contributed by atoms with Crippen LogP contribution in [0.5, 0.6) is 0 Å². The second kappa shape index (κ2) is 5.62. The van der Waals surface area contributed by atoms with Gasteiger partial charge in [-0.25, -0.2) is 8.42 Å². The molecule has 0 unspecified atom stereocenters. The fourth-order valence-electron chi connectivity index (χ4n) is 2.49. The van der Waals surface area contributed by atoms with E-state index in [0.717, 1.165) is 39.4 Å². The highest BCUT2D eigenvalue weighted by atomic mass is 32.2. The SMILES string of the molecule is O=S1(=O)C[C@@H](O)[C@H]([NH2+]CC[NH+]2CCOCC2)C1. The predicted molar refractivity (Wildman–Crippen MR) is 61.6 cm³/mol. The number of morpholine rings is 1. The molecule has 0 amide bonds. The zero-order chi connectivity index (χ0) is 12.3. The second-order valence-electron chi connectivity index (χ2n) is 4.94. The Morgan fingerprint density at radius 3 is 2.59 bits per heavy atom. The second-order valence-corrected chi connectivity index (χ2v) is 7.10. The van der Waals surface area contributed by atoms with Crippen LogP contribution in [0.2, 0.25) is 0 Å². The van der Waals surface area contributed by atoms with Gasteiger partial charge in [0.15, 0.2) is 9.84 Å². The Morgan fingerprint density at radius 2 is 2.00 bits per heavy atom.